The molecule has 3 rings (SSSR count). The van der Waals surface area contributed by atoms with Gasteiger partial charge in [0.2, 0.25) is 0 Å². The first-order valence-electron chi connectivity index (χ1n) is 10.8. The van der Waals surface area contributed by atoms with Crippen LogP contribution in [-0.4, -0.2) is 52.8 Å². The average molecular weight is 440 g/mol. The van der Waals surface area contributed by atoms with Gasteiger partial charge in [-0.2, -0.15) is 0 Å². The van der Waals surface area contributed by atoms with Gasteiger partial charge in [0.05, 0.1) is 12.2 Å². The number of carboxylic acid groups (broad SMARTS) is 1. The molecular formula is C23H30F2O6. The molecular weight excluding hydrogens is 410 g/mol. The van der Waals surface area contributed by atoms with Crippen molar-refractivity contribution in [3.8, 4) is 5.75 Å². The number of aliphatic carboxylic acids is 1. The summed E-state index contributed by atoms with van der Waals surface area (Å²) in [6.45, 7) is 0.329. The lowest BCUT2D eigenvalue weighted by Gasteiger charge is -2.21. The van der Waals surface area contributed by atoms with Crippen LogP contribution in [0.15, 0.2) is 30.4 Å². The normalized spacial score (nSPS) is 29.5. The molecule has 0 unspecified atom stereocenters. The number of hydrogen-bond donors (Lipinski definition) is 3. The van der Waals surface area contributed by atoms with Crippen LogP contribution in [-0.2, 0) is 9.53 Å². The first-order valence-corrected chi connectivity index (χ1v) is 10.8. The third-order valence-corrected chi connectivity index (χ3v) is 6.21. The van der Waals surface area contributed by atoms with Crippen LogP contribution < -0.4 is 4.74 Å². The summed E-state index contributed by atoms with van der Waals surface area (Å²) < 4.78 is 38.0. The Hall–Kier alpha value is -2.03. The van der Waals surface area contributed by atoms with Gasteiger partial charge in [0, 0.05) is 31.4 Å². The van der Waals surface area contributed by atoms with E-state index in [0.29, 0.717) is 25.4 Å². The molecule has 0 aromatic heterocycles. The molecule has 0 radical (unpaired) electrons. The van der Waals surface area contributed by atoms with Crippen LogP contribution >= 0.6 is 0 Å². The highest BCUT2D eigenvalue weighted by Gasteiger charge is 2.43. The maximum Gasteiger partial charge on any atom is 0.303 e. The molecule has 1 aliphatic carbocycles. The summed E-state index contributed by atoms with van der Waals surface area (Å²) in [7, 11) is 0. The fraction of sp³-hybridized carbons (Fsp3) is 0.609. The van der Waals surface area contributed by atoms with E-state index >= 15 is 0 Å². The van der Waals surface area contributed by atoms with Gasteiger partial charge in [0.15, 0.2) is 11.6 Å². The molecule has 1 aromatic rings. The van der Waals surface area contributed by atoms with Gasteiger partial charge in [-0.3, -0.25) is 4.79 Å². The SMILES string of the molecule is O=C(O)CCC[C@H]1CC[C@@H]2[C@@H](/C=C/[C@H](O)COc3cc(F)ccc3F)[C@H](O)C[C@@H]2OC1. The van der Waals surface area contributed by atoms with E-state index in [-0.39, 0.29) is 36.7 Å². The highest BCUT2D eigenvalue weighted by atomic mass is 19.1. The Balaban J connectivity index is 1.51. The van der Waals surface area contributed by atoms with Crippen molar-refractivity contribution in [3.05, 3.63) is 42.0 Å². The molecule has 0 spiro atoms. The Morgan fingerprint density at radius 2 is 2.13 bits per heavy atom. The molecule has 2 fully saturated rings. The molecule has 2 aliphatic rings. The molecule has 31 heavy (non-hydrogen) atoms. The zero-order valence-corrected chi connectivity index (χ0v) is 17.3. The maximum absolute atomic E-state index is 13.6. The van der Waals surface area contributed by atoms with Crippen LogP contribution in [0.1, 0.15) is 38.5 Å². The predicted octanol–water partition coefficient (Wildman–Crippen LogP) is 3.31. The molecule has 0 bridgehead atoms. The van der Waals surface area contributed by atoms with Crippen molar-refractivity contribution in [2.24, 2.45) is 17.8 Å². The van der Waals surface area contributed by atoms with Crippen molar-refractivity contribution in [1.29, 1.82) is 0 Å². The van der Waals surface area contributed by atoms with Crippen molar-refractivity contribution in [1.82, 2.24) is 0 Å². The molecule has 6 nitrogen and oxygen atoms in total. The van der Waals surface area contributed by atoms with Crippen molar-refractivity contribution < 1.29 is 38.4 Å². The smallest absolute Gasteiger partial charge is 0.303 e. The highest BCUT2D eigenvalue weighted by Crippen LogP contribution is 2.42. The molecule has 8 heteroatoms. The second-order valence-electron chi connectivity index (χ2n) is 8.48. The number of aliphatic hydroxyl groups is 2. The van der Waals surface area contributed by atoms with E-state index in [2.05, 4.69) is 0 Å². The van der Waals surface area contributed by atoms with Crippen molar-refractivity contribution in [2.45, 2.75) is 56.8 Å². The number of halogens is 2. The number of carbonyl (C=O) groups is 1. The van der Waals surface area contributed by atoms with E-state index in [9.17, 15) is 23.8 Å². The largest absolute Gasteiger partial charge is 0.487 e. The Bertz CT molecular complexity index is 770. The molecule has 6 atom stereocenters. The monoisotopic (exact) mass is 440 g/mol. The summed E-state index contributed by atoms with van der Waals surface area (Å²) in [4.78, 5) is 10.7. The van der Waals surface area contributed by atoms with Gasteiger partial charge < -0.3 is 24.8 Å². The number of fused-ring (bicyclic) bond motifs is 1. The summed E-state index contributed by atoms with van der Waals surface area (Å²) in [6, 6.07) is 2.87. The van der Waals surface area contributed by atoms with Crippen molar-refractivity contribution in [3.63, 3.8) is 0 Å². The number of carboxylic acids is 1. The molecule has 0 amide bonds. The van der Waals surface area contributed by atoms with Gasteiger partial charge in [-0.1, -0.05) is 12.2 Å². The Labute approximate surface area is 180 Å². The average Bonchev–Trinajstić information content (AvgIpc) is 2.88. The van der Waals surface area contributed by atoms with Crippen LogP contribution in [0.4, 0.5) is 8.78 Å². The molecule has 1 heterocycles. The van der Waals surface area contributed by atoms with Crippen molar-refractivity contribution >= 4 is 5.97 Å². The van der Waals surface area contributed by atoms with Crippen molar-refractivity contribution in [2.75, 3.05) is 13.2 Å². The Morgan fingerprint density at radius 1 is 1.32 bits per heavy atom. The van der Waals surface area contributed by atoms with Crippen LogP contribution in [0.3, 0.4) is 0 Å². The quantitative estimate of drug-likeness (QED) is 0.510. The van der Waals surface area contributed by atoms with E-state index in [1.54, 1.807) is 6.08 Å². The molecule has 1 aromatic carbocycles. The van der Waals surface area contributed by atoms with E-state index in [0.717, 1.165) is 37.5 Å². The minimum atomic E-state index is -1.04. The fourth-order valence-corrected chi connectivity index (χ4v) is 4.56. The van der Waals surface area contributed by atoms with Crippen LogP contribution in [0.25, 0.3) is 0 Å². The standard InChI is InChI=1S/C23H30F2O6/c24-15-5-9-19(25)22(10-15)31-13-16(26)6-8-17-18-7-4-14(2-1-3-23(28)29)12-30-21(18)11-20(17)27/h5-6,8-10,14,16-18,20-21,26-27H,1-4,7,11-13H2,(H,28,29)/b8-6+/t14-,16-,17+,18+,20+,21-/m0/s1. The first kappa shape index (κ1) is 23.6. The summed E-state index contributed by atoms with van der Waals surface area (Å²) in [5, 5.41) is 29.4. The van der Waals surface area contributed by atoms with Crippen LogP contribution in [0.5, 0.6) is 5.75 Å². The van der Waals surface area contributed by atoms with Crippen LogP contribution in [0.2, 0.25) is 0 Å². The molecule has 172 valence electrons. The van der Waals surface area contributed by atoms with Gasteiger partial charge >= 0.3 is 5.97 Å². The van der Waals surface area contributed by atoms with Crippen LogP contribution in [0, 0.1) is 29.4 Å². The maximum atomic E-state index is 13.6. The number of rotatable bonds is 9. The number of benzene rings is 1. The summed E-state index contributed by atoms with van der Waals surface area (Å²) >= 11 is 0. The van der Waals surface area contributed by atoms with Gasteiger partial charge in [-0.25, -0.2) is 8.78 Å². The lowest BCUT2D eigenvalue weighted by molar-refractivity contribution is -0.137. The summed E-state index contributed by atoms with van der Waals surface area (Å²) in [5.74, 6) is -2.14. The molecule has 1 aliphatic heterocycles. The number of aliphatic hydroxyl groups excluding tert-OH is 2. The lowest BCUT2D eigenvalue weighted by atomic mass is 9.86. The minimum absolute atomic E-state index is 0.0658. The molecule has 1 saturated heterocycles. The van der Waals surface area contributed by atoms with Gasteiger partial charge in [-0.05, 0) is 49.7 Å². The van der Waals surface area contributed by atoms with Gasteiger partial charge in [0.25, 0.3) is 0 Å². The highest BCUT2D eigenvalue weighted by molar-refractivity contribution is 5.66. The topological polar surface area (TPSA) is 96.2 Å². The second kappa shape index (κ2) is 11.0. The summed E-state index contributed by atoms with van der Waals surface area (Å²) in [6.07, 6.45) is 5.47. The van der Waals surface area contributed by atoms with E-state index in [1.807, 2.05) is 0 Å². The second-order valence-corrected chi connectivity index (χ2v) is 8.48. The first-order chi connectivity index (χ1) is 14.8. The number of hydrogen-bond acceptors (Lipinski definition) is 5. The number of ether oxygens (including phenoxy) is 2. The Morgan fingerprint density at radius 3 is 2.90 bits per heavy atom. The van der Waals surface area contributed by atoms with E-state index in [1.165, 1.54) is 6.08 Å². The molecule has 1 saturated carbocycles. The Kier molecular flexibility index (Phi) is 8.40. The predicted molar refractivity (Wildman–Crippen MR) is 109 cm³/mol. The zero-order valence-electron chi connectivity index (χ0n) is 17.3. The third kappa shape index (κ3) is 6.72. The zero-order chi connectivity index (χ0) is 22.4. The summed E-state index contributed by atoms with van der Waals surface area (Å²) in [5.41, 5.74) is 0. The van der Waals surface area contributed by atoms with E-state index < -0.39 is 29.8 Å². The lowest BCUT2D eigenvalue weighted by Crippen LogP contribution is -2.22. The minimum Gasteiger partial charge on any atom is -0.487 e. The fourth-order valence-electron chi connectivity index (χ4n) is 4.56. The van der Waals surface area contributed by atoms with E-state index in [4.69, 9.17) is 14.6 Å². The van der Waals surface area contributed by atoms with Gasteiger partial charge in [0.1, 0.15) is 18.5 Å². The third-order valence-electron chi connectivity index (χ3n) is 6.21. The van der Waals surface area contributed by atoms with Gasteiger partial charge in [-0.15, -0.1) is 0 Å². The molecule has 3 N–H and O–H groups in total.